The first-order valence-corrected chi connectivity index (χ1v) is 10.3. The molecular weight excluding hydrogens is 374 g/mol. The molecule has 1 fully saturated rings. The fourth-order valence-corrected chi connectivity index (χ4v) is 4.01. The van der Waals surface area contributed by atoms with E-state index in [-0.39, 0.29) is 12.4 Å². The van der Waals surface area contributed by atoms with Crippen molar-refractivity contribution in [2.75, 3.05) is 39.5 Å². The van der Waals surface area contributed by atoms with Crippen molar-refractivity contribution in [2.45, 2.75) is 29.2 Å². The van der Waals surface area contributed by atoms with Crippen molar-refractivity contribution in [3.63, 3.8) is 0 Å². The van der Waals surface area contributed by atoms with Gasteiger partial charge < -0.3 is 14.6 Å². The first-order valence-electron chi connectivity index (χ1n) is 9.50. The van der Waals surface area contributed by atoms with E-state index in [4.69, 9.17) is 14.6 Å². The minimum atomic E-state index is -0.539. The van der Waals surface area contributed by atoms with E-state index in [1.807, 2.05) is 62.4 Å². The zero-order valence-electron chi connectivity index (χ0n) is 16.4. The Hall–Kier alpha value is -1.86. The third kappa shape index (κ3) is 5.14. The van der Waals surface area contributed by atoms with E-state index in [1.54, 1.807) is 11.8 Å². The quantitative estimate of drug-likeness (QED) is 0.683. The molecule has 0 atom stereocenters. The molecule has 6 heteroatoms. The molecule has 2 aromatic rings. The fraction of sp³-hybridized carbons (Fsp3) is 0.409. The first kappa shape index (κ1) is 20.9. The average molecular weight is 402 g/mol. The van der Waals surface area contributed by atoms with Crippen molar-refractivity contribution in [3.8, 4) is 5.75 Å². The smallest absolute Gasteiger partial charge is 0.182 e. The van der Waals surface area contributed by atoms with Crippen LogP contribution in [0.15, 0.2) is 58.3 Å². The lowest BCUT2D eigenvalue weighted by atomic mass is 9.91. The number of nitrogens with zero attached hydrogens (tertiary/aromatic N) is 1. The molecule has 0 radical (unpaired) electrons. The molecule has 28 heavy (non-hydrogen) atoms. The lowest BCUT2D eigenvalue weighted by molar-refractivity contribution is -0.00430. The second kappa shape index (κ2) is 9.56. The molecule has 0 unspecified atom stereocenters. The number of ketones is 1. The SMILES string of the molecule is CC(C)(C(=O)c1ccc(Sc2ccc(OCCO)cc2)cc1)N1CCOCC1. The zero-order valence-corrected chi connectivity index (χ0v) is 17.2. The Morgan fingerprint density at radius 1 is 1.07 bits per heavy atom. The van der Waals surface area contributed by atoms with Crippen molar-refractivity contribution >= 4 is 17.5 Å². The Kier molecular flexibility index (Phi) is 7.13. The molecule has 1 saturated heterocycles. The Balaban J connectivity index is 1.63. The second-order valence-electron chi connectivity index (χ2n) is 7.16. The van der Waals surface area contributed by atoms with Gasteiger partial charge in [-0.25, -0.2) is 0 Å². The van der Waals surface area contributed by atoms with Crippen LogP contribution in [0.1, 0.15) is 24.2 Å². The number of aliphatic hydroxyl groups excluding tert-OH is 1. The van der Waals surface area contributed by atoms with Gasteiger partial charge in [-0.05, 0) is 50.2 Å². The summed E-state index contributed by atoms with van der Waals surface area (Å²) in [5, 5.41) is 8.80. The number of carbonyl (C=O) groups excluding carboxylic acids is 1. The maximum atomic E-state index is 13.0. The van der Waals surface area contributed by atoms with Crippen molar-refractivity contribution in [1.82, 2.24) is 4.90 Å². The van der Waals surface area contributed by atoms with Gasteiger partial charge in [0.15, 0.2) is 5.78 Å². The number of rotatable bonds is 8. The number of hydrogen-bond donors (Lipinski definition) is 1. The molecule has 5 nitrogen and oxygen atoms in total. The summed E-state index contributed by atoms with van der Waals surface area (Å²) in [6.07, 6.45) is 0. The summed E-state index contributed by atoms with van der Waals surface area (Å²) >= 11 is 1.63. The maximum Gasteiger partial charge on any atom is 0.182 e. The third-order valence-electron chi connectivity index (χ3n) is 4.89. The fourth-order valence-electron chi connectivity index (χ4n) is 3.20. The summed E-state index contributed by atoms with van der Waals surface area (Å²) in [5.74, 6) is 0.876. The number of aliphatic hydroxyl groups is 1. The molecule has 0 amide bonds. The van der Waals surface area contributed by atoms with Crippen LogP contribution in [0.5, 0.6) is 5.75 Å². The molecule has 0 bridgehead atoms. The van der Waals surface area contributed by atoms with Gasteiger partial charge in [0.1, 0.15) is 12.4 Å². The molecule has 1 aliphatic rings. The predicted molar refractivity (Wildman–Crippen MR) is 110 cm³/mol. The average Bonchev–Trinajstić information content (AvgIpc) is 2.74. The topological polar surface area (TPSA) is 59.0 Å². The minimum Gasteiger partial charge on any atom is -0.491 e. The number of carbonyl (C=O) groups is 1. The van der Waals surface area contributed by atoms with Gasteiger partial charge in [0.2, 0.25) is 0 Å². The number of ether oxygens (including phenoxy) is 2. The van der Waals surface area contributed by atoms with E-state index in [1.165, 1.54) is 0 Å². The zero-order chi connectivity index (χ0) is 20.0. The van der Waals surface area contributed by atoms with E-state index in [9.17, 15) is 4.79 Å². The van der Waals surface area contributed by atoms with E-state index >= 15 is 0 Å². The molecule has 0 spiro atoms. The van der Waals surface area contributed by atoms with Gasteiger partial charge in [-0.3, -0.25) is 9.69 Å². The van der Waals surface area contributed by atoms with Crippen LogP contribution in [-0.2, 0) is 4.74 Å². The summed E-state index contributed by atoms with van der Waals surface area (Å²) in [6.45, 7) is 7.20. The first-order chi connectivity index (χ1) is 13.5. The van der Waals surface area contributed by atoms with Gasteiger partial charge in [0.05, 0.1) is 25.4 Å². The van der Waals surface area contributed by atoms with Crippen molar-refractivity contribution in [3.05, 3.63) is 54.1 Å². The maximum absolute atomic E-state index is 13.0. The standard InChI is InChI=1S/C22H27NO4S/c1-22(2,23-11-14-26-15-12-23)21(25)17-3-7-19(8-4-17)28-20-9-5-18(6-10-20)27-16-13-24/h3-10,24H,11-16H2,1-2H3. The van der Waals surface area contributed by atoms with Crippen LogP contribution in [-0.4, -0.2) is 60.8 Å². The molecule has 2 aromatic carbocycles. The van der Waals surface area contributed by atoms with Gasteiger partial charge in [-0.15, -0.1) is 0 Å². The molecule has 150 valence electrons. The highest BCUT2D eigenvalue weighted by atomic mass is 32.2. The molecule has 0 aliphatic carbocycles. The number of morpholine rings is 1. The normalized spacial score (nSPS) is 15.4. The van der Waals surface area contributed by atoms with Gasteiger partial charge in [-0.2, -0.15) is 0 Å². The molecule has 1 N–H and O–H groups in total. The highest BCUT2D eigenvalue weighted by Crippen LogP contribution is 2.30. The van der Waals surface area contributed by atoms with Crippen LogP contribution in [0.2, 0.25) is 0 Å². The number of Topliss-reactive ketones (excluding diaryl/α,β-unsaturated/α-hetero) is 1. The van der Waals surface area contributed by atoms with E-state index < -0.39 is 5.54 Å². The molecule has 0 saturated carbocycles. The molecule has 3 rings (SSSR count). The Morgan fingerprint density at radius 3 is 2.21 bits per heavy atom. The third-order valence-corrected chi connectivity index (χ3v) is 5.91. The molecule has 0 aromatic heterocycles. The minimum absolute atomic E-state index is 0.00388. The van der Waals surface area contributed by atoms with Crippen LogP contribution in [0.3, 0.4) is 0 Å². The van der Waals surface area contributed by atoms with E-state index in [0.717, 1.165) is 34.2 Å². The van der Waals surface area contributed by atoms with Gasteiger partial charge in [0, 0.05) is 28.4 Å². The summed E-state index contributed by atoms with van der Waals surface area (Å²) in [7, 11) is 0. The molecular formula is C22H27NO4S. The van der Waals surface area contributed by atoms with Crippen molar-refractivity contribution < 1.29 is 19.4 Å². The van der Waals surface area contributed by atoms with Crippen LogP contribution in [0.4, 0.5) is 0 Å². The van der Waals surface area contributed by atoms with Crippen LogP contribution >= 0.6 is 11.8 Å². The van der Waals surface area contributed by atoms with Crippen LogP contribution in [0.25, 0.3) is 0 Å². The van der Waals surface area contributed by atoms with Gasteiger partial charge in [-0.1, -0.05) is 23.9 Å². The van der Waals surface area contributed by atoms with Crippen molar-refractivity contribution in [2.24, 2.45) is 0 Å². The predicted octanol–water partition coefficient (Wildman–Crippen LogP) is 3.50. The number of hydrogen-bond acceptors (Lipinski definition) is 6. The summed E-state index contributed by atoms with van der Waals surface area (Å²) in [6, 6.07) is 15.5. The Morgan fingerprint density at radius 2 is 1.64 bits per heavy atom. The highest BCUT2D eigenvalue weighted by molar-refractivity contribution is 7.99. The second-order valence-corrected chi connectivity index (χ2v) is 8.30. The van der Waals surface area contributed by atoms with Gasteiger partial charge in [0.25, 0.3) is 0 Å². The van der Waals surface area contributed by atoms with E-state index in [2.05, 4.69) is 4.90 Å². The van der Waals surface area contributed by atoms with Crippen LogP contribution in [0, 0.1) is 0 Å². The summed E-state index contributed by atoms with van der Waals surface area (Å²) in [5.41, 5.74) is 0.191. The summed E-state index contributed by atoms with van der Waals surface area (Å²) in [4.78, 5) is 17.4. The van der Waals surface area contributed by atoms with Crippen molar-refractivity contribution in [1.29, 1.82) is 0 Å². The largest absolute Gasteiger partial charge is 0.491 e. The van der Waals surface area contributed by atoms with E-state index in [0.29, 0.717) is 19.8 Å². The van der Waals surface area contributed by atoms with Gasteiger partial charge >= 0.3 is 0 Å². The summed E-state index contributed by atoms with van der Waals surface area (Å²) < 4.78 is 10.8. The Bertz CT molecular complexity index is 768. The lowest BCUT2D eigenvalue weighted by Crippen LogP contribution is -2.54. The Labute approximate surface area is 170 Å². The molecule has 1 aliphatic heterocycles. The number of benzene rings is 2. The van der Waals surface area contributed by atoms with Crippen LogP contribution < -0.4 is 4.74 Å². The molecule has 1 heterocycles. The lowest BCUT2D eigenvalue weighted by Gasteiger charge is -2.39. The monoisotopic (exact) mass is 401 g/mol. The highest BCUT2D eigenvalue weighted by Gasteiger charge is 2.35.